The van der Waals surface area contributed by atoms with E-state index in [2.05, 4.69) is 22.3 Å². The number of hydrogen-bond donors (Lipinski definition) is 5. The maximum absolute atomic E-state index is 13.8. The number of carbonyl (C=O) groups is 4. The van der Waals surface area contributed by atoms with E-state index < -0.39 is 79.1 Å². The fourth-order valence-corrected chi connectivity index (χ4v) is 7.95. The molecule has 3 amide bonds. The Morgan fingerprint density at radius 3 is 2.63 bits per heavy atom. The Hall–Kier alpha value is -2.26. The van der Waals surface area contributed by atoms with Crippen molar-refractivity contribution in [2.24, 2.45) is 5.92 Å². The monoisotopic (exact) mass is 576 g/mol. The Morgan fingerprint density at radius 1 is 1.37 bits per heavy atom. The van der Waals surface area contributed by atoms with E-state index in [1.165, 1.54) is 31.0 Å². The van der Waals surface area contributed by atoms with Crippen LogP contribution in [-0.2, 0) is 37.7 Å². The van der Waals surface area contributed by atoms with E-state index in [9.17, 15) is 34.0 Å². The van der Waals surface area contributed by atoms with Crippen LogP contribution in [0.25, 0.3) is 0 Å². The average Bonchev–Trinajstić information content (AvgIpc) is 3.25. The van der Waals surface area contributed by atoms with Gasteiger partial charge in [0.15, 0.2) is 6.23 Å². The second-order valence-electron chi connectivity index (χ2n) is 9.60. The number of aliphatic hydroxyl groups is 2. The molecule has 7 atom stereocenters. The summed E-state index contributed by atoms with van der Waals surface area (Å²) in [4.78, 5) is 48.7. The number of hydrogen-bond acceptors (Lipinski definition) is 12. The van der Waals surface area contributed by atoms with Crippen LogP contribution < -0.4 is 15.7 Å². The van der Waals surface area contributed by atoms with Crippen molar-refractivity contribution in [1.82, 2.24) is 20.6 Å². The normalized spacial score (nSPS) is 31.8. The maximum atomic E-state index is 13.8. The lowest BCUT2D eigenvalue weighted by Gasteiger charge is -2.37. The molecular formula is C22H33N4O10PS. The minimum atomic E-state index is -3.96. The van der Waals surface area contributed by atoms with Crippen molar-refractivity contribution < 1.29 is 48.0 Å². The van der Waals surface area contributed by atoms with Gasteiger partial charge < -0.3 is 34.4 Å². The molecule has 0 aromatic carbocycles. The quantitative estimate of drug-likeness (QED) is 0.122. The lowest BCUT2D eigenvalue weighted by atomic mass is 9.96. The van der Waals surface area contributed by atoms with Gasteiger partial charge in [-0.15, -0.1) is 0 Å². The van der Waals surface area contributed by atoms with Crippen LogP contribution in [0, 0.1) is 5.92 Å². The molecule has 2 saturated heterocycles. The number of esters is 1. The molecule has 2 fully saturated rings. The van der Waals surface area contributed by atoms with E-state index in [1.807, 2.05) is 0 Å². The van der Waals surface area contributed by atoms with Gasteiger partial charge in [0.05, 0.1) is 18.6 Å². The first-order valence-corrected chi connectivity index (χ1v) is 15.1. The van der Waals surface area contributed by atoms with Crippen LogP contribution in [0.4, 0.5) is 0 Å². The number of ether oxygens (including phenoxy) is 2. The molecule has 38 heavy (non-hydrogen) atoms. The molecule has 3 aliphatic rings. The van der Waals surface area contributed by atoms with Crippen molar-refractivity contribution in [3.8, 4) is 0 Å². The third kappa shape index (κ3) is 7.03. The predicted octanol–water partition coefficient (Wildman–Crippen LogP) is -0.310. The molecule has 0 spiro atoms. The van der Waals surface area contributed by atoms with Gasteiger partial charge >= 0.3 is 12.7 Å². The molecule has 3 aliphatic heterocycles. The molecule has 0 bridgehead atoms. The molecule has 0 aliphatic carbocycles. The lowest BCUT2D eigenvalue weighted by molar-refractivity contribution is -0.149. The van der Waals surface area contributed by atoms with Crippen molar-refractivity contribution in [3.05, 3.63) is 24.7 Å². The number of carbonyl (C=O) groups excluding carboxylic acids is 4. The molecule has 3 rings (SSSR count). The van der Waals surface area contributed by atoms with Crippen LogP contribution in [0.2, 0.25) is 0 Å². The molecule has 3 heterocycles. The highest BCUT2D eigenvalue weighted by Crippen LogP contribution is 2.57. The summed E-state index contributed by atoms with van der Waals surface area (Å²) in [7, 11) is 0. The lowest BCUT2D eigenvalue weighted by Crippen LogP contribution is -2.53. The van der Waals surface area contributed by atoms with Crippen molar-refractivity contribution in [2.45, 2.75) is 70.3 Å². The fourth-order valence-electron chi connectivity index (χ4n) is 3.92. The number of aliphatic hydroxyl groups excluding tert-OH is 1. The van der Waals surface area contributed by atoms with E-state index in [4.69, 9.17) is 14.0 Å². The first-order valence-electron chi connectivity index (χ1n) is 11.9. The van der Waals surface area contributed by atoms with Crippen LogP contribution in [0.3, 0.4) is 0 Å². The highest BCUT2D eigenvalue weighted by atomic mass is 32.7. The minimum Gasteiger partial charge on any atom is -0.462 e. The van der Waals surface area contributed by atoms with Crippen LogP contribution in [0.15, 0.2) is 24.7 Å². The van der Waals surface area contributed by atoms with Crippen LogP contribution in [0.1, 0.15) is 34.1 Å². The SMILES string of the molecule is C=C1NC(=O)C=CN1[C@@H]1O[C@H](CO[P@](=O)(N[C@H](C)C(=O)OC(C)C)SCC2CC(=O)NC2=O)[C@@H](O)[C@@]1(C)O. The molecular weight excluding hydrogens is 543 g/mol. The Bertz CT molecular complexity index is 1070. The van der Waals surface area contributed by atoms with E-state index >= 15 is 0 Å². The first-order chi connectivity index (χ1) is 17.6. The summed E-state index contributed by atoms with van der Waals surface area (Å²) in [5.74, 6) is -2.74. The molecule has 0 aromatic rings. The highest BCUT2D eigenvalue weighted by Gasteiger charge is 2.55. The number of nitrogens with zero attached hydrogens (tertiary/aromatic N) is 1. The largest absolute Gasteiger partial charge is 0.462 e. The topological polar surface area (TPSA) is 193 Å². The van der Waals surface area contributed by atoms with Gasteiger partial charge in [0.25, 0.3) is 5.91 Å². The van der Waals surface area contributed by atoms with E-state index in [0.29, 0.717) is 0 Å². The Kier molecular flexibility index (Phi) is 9.45. The number of rotatable bonds is 11. The van der Waals surface area contributed by atoms with E-state index in [-0.39, 0.29) is 18.0 Å². The van der Waals surface area contributed by atoms with E-state index in [1.54, 1.807) is 13.8 Å². The summed E-state index contributed by atoms with van der Waals surface area (Å²) in [6, 6.07) is -1.06. The third-order valence-electron chi connectivity index (χ3n) is 5.95. The summed E-state index contributed by atoms with van der Waals surface area (Å²) in [6.45, 7) is 5.33. The minimum absolute atomic E-state index is 0.0552. The molecule has 16 heteroatoms. The van der Waals surface area contributed by atoms with Crippen LogP contribution in [0.5, 0.6) is 0 Å². The van der Waals surface area contributed by atoms with Crippen molar-refractivity contribution >= 4 is 41.8 Å². The number of imide groups is 1. The predicted molar refractivity (Wildman–Crippen MR) is 135 cm³/mol. The second-order valence-corrected chi connectivity index (χ2v) is 13.9. The summed E-state index contributed by atoms with van der Waals surface area (Å²) in [5, 5.41) is 29.0. The number of amides is 3. The van der Waals surface area contributed by atoms with Gasteiger partial charge in [-0.05, 0) is 27.7 Å². The Morgan fingerprint density at radius 2 is 2.05 bits per heavy atom. The second kappa shape index (κ2) is 11.9. The standard InChI is InChI=1S/C22H33N4O10PS/c1-11(2)35-20(31)12(3)25-37(33,38-10-14-8-17(28)24-19(14)30)34-9-15-18(29)22(5,32)21(36-15)26-7-6-16(27)23-13(26)4/h6-7,11-12,14-15,18,21,29,32H,4,8-10H2,1-3,5H3,(H,23,27)(H,25,33)(H,24,28,30)/t12-,14?,15-,18-,21-,22-,37-/m1/s1. The zero-order chi connectivity index (χ0) is 28.4. The van der Waals surface area contributed by atoms with Gasteiger partial charge in [-0.1, -0.05) is 18.0 Å². The molecule has 1 unspecified atom stereocenters. The zero-order valence-corrected chi connectivity index (χ0v) is 23.1. The Balaban J connectivity index is 1.73. The molecule has 14 nitrogen and oxygen atoms in total. The highest BCUT2D eigenvalue weighted by molar-refractivity contribution is 8.56. The van der Waals surface area contributed by atoms with Gasteiger partial charge in [-0.25, -0.2) is 5.09 Å². The van der Waals surface area contributed by atoms with E-state index in [0.717, 1.165) is 11.4 Å². The molecule has 212 valence electrons. The van der Waals surface area contributed by atoms with Crippen molar-refractivity contribution in [2.75, 3.05) is 12.4 Å². The van der Waals surface area contributed by atoms with Crippen molar-refractivity contribution in [3.63, 3.8) is 0 Å². The van der Waals surface area contributed by atoms with Gasteiger partial charge in [-0.2, -0.15) is 0 Å². The van der Waals surface area contributed by atoms with Crippen LogP contribution in [-0.4, -0.2) is 87.3 Å². The molecule has 0 aromatic heterocycles. The first kappa shape index (κ1) is 30.3. The molecule has 0 saturated carbocycles. The van der Waals surface area contributed by atoms with Gasteiger partial charge in [-0.3, -0.25) is 29.1 Å². The Labute approximate surface area is 223 Å². The van der Waals surface area contributed by atoms with Gasteiger partial charge in [0.2, 0.25) is 11.8 Å². The summed E-state index contributed by atoms with van der Waals surface area (Å²) in [5.41, 5.74) is -1.86. The third-order valence-corrected chi connectivity index (χ3v) is 10.1. The van der Waals surface area contributed by atoms with Gasteiger partial charge in [0.1, 0.15) is 29.7 Å². The number of nitrogens with one attached hydrogen (secondary N) is 3. The maximum Gasteiger partial charge on any atom is 0.327 e. The zero-order valence-electron chi connectivity index (χ0n) is 21.4. The summed E-state index contributed by atoms with van der Waals surface area (Å²) in [6.07, 6.45) is -1.82. The fraction of sp³-hybridized carbons (Fsp3) is 0.636. The summed E-state index contributed by atoms with van der Waals surface area (Å²) >= 11 is 0.724. The molecule has 5 N–H and O–H groups in total. The van der Waals surface area contributed by atoms with Crippen LogP contribution >= 0.6 is 18.1 Å². The molecule has 0 radical (unpaired) electrons. The smallest absolute Gasteiger partial charge is 0.327 e. The summed E-state index contributed by atoms with van der Waals surface area (Å²) < 4.78 is 30.4. The van der Waals surface area contributed by atoms with Gasteiger partial charge in [0, 0.05) is 24.4 Å². The van der Waals surface area contributed by atoms with Crippen molar-refractivity contribution in [1.29, 1.82) is 0 Å². The average molecular weight is 577 g/mol.